The number of aliphatic hydroxyl groups excluding tert-OH is 1. The van der Waals surface area contributed by atoms with Gasteiger partial charge in [0.2, 0.25) is 0 Å². The summed E-state index contributed by atoms with van der Waals surface area (Å²) in [5.41, 5.74) is 1.94. The van der Waals surface area contributed by atoms with Crippen LogP contribution in [-0.2, 0) is 13.0 Å². The van der Waals surface area contributed by atoms with E-state index in [0.717, 1.165) is 17.5 Å². The van der Waals surface area contributed by atoms with Crippen LogP contribution < -0.4 is 5.32 Å². The number of hydrogen-bond donors (Lipinski definition) is 2. The number of nitrogens with zero attached hydrogens (tertiary/aromatic N) is 2. The molecule has 2 rings (SSSR count). The zero-order valence-electron chi connectivity index (χ0n) is 12.6. The van der Waals surface area contributed by atoms with E-state index < -0.39 is 4.92 Å². The van der Waals surface area contributed by atoms with Gasteiger partial charge in [-0.25, -0.2) is 4.79 Å². The molecule has 0 fully saturated rings. The Bertz CT molecular complexity index is 562. The molecule has 0 saturated heterocycles. The van der Waals surface area contributed by atoms with Crippen LogP contribution in [0.4, 0.5) is 10.5 Å². The number of hydrogen-bond acceptors (Lipinski definition) is 4. The fraction of sp³-hybridized carbons (Fsp3) is 0.533. The lowest BCUT2D eigenvalue weighted by atomic mass is 9.99. The first-order valence-corrected chi connectivity index (χ1v) is 7.43. The molecule has 0 aromatic heterocycles. The highest BCUT2D eigenvalue weighted by Crippen LogP contribution is 2.23. The van der Waals surface area contributed by atoms with Gasteiger partial charge in [0.1, 0.15) is 0 Å². The van der Waals surface area contributed by atoms with Crippen LogP contribution in [0.15, 0.2) is 18.2 Å². The van der Waals surface area contributed by atoms with Gasteiger partial charge in [0.05, 0.1) is 4.92 Å². The first kappa shape index (κ1) is 16.2. The second-order valence-corrected chi connectivity index (χ2v) is 5.60. The van der Waals surface area contributed by atoms with Crippen molar-refractivity contribution in [2.24, 2.45) is 0 Å². The van der Waals surface area contributed by atoms with E-state index in [-0.39, 0.29) is 24.4 Å². The predicted octanol–water partition coefficient (Wildman–Crippen LogP) is 1.82. The van der Waals surface area contributed by atoms with E-state index in [2.05, 4.69) is 5.32 Å². The van der Waals surface area contributed by atoms with Crippen molar-refractivity contribution in [2.45, 2.75) is 38.8 Å². The van der Waals surface area contributed by atoms with E-state index >= 15 is 0 Å². The van der Waals surface area contributed by atoms with Crippen LogP contribution in [-0.4, -0.2) is 40.2 Å². The van der Waals surface area contributed by atoms with Crippen LogP contribution in [0.1, 0.15) is 30.9 Å². The van der Waals surface area contributed by atoms with Gasteiger partial charge in [-0.2, -0.15) is 0 Å². The molecule has 7 heteroatoms. The Morgan fingerprint density at radius 3 is 2.95 bits per heavy atom. The lowest BCUT2D eigenvalue weighted by Crippen LogP contribution is -2.45. The molecule has 2 amide bonds. The van der Waals surface area contributed by atoms with Crippen LogP contribution in [0, 0.1) is 10.1 Å². The summed E-state index contributed by atoms with van der Waals surface area (Å²) in [6.45, 7) is 3.00. The molecule has 1 aromatic carbocycles. The van der Waals surface area contributed by atoms with Gasteiger partial charge in [-0.3, -0.25) is 10.1 Å². The summed E-state index contributed by atoms with van der Waals surface area (Å²) in [5, 5.41) is 22.5. The van der Waals surface area contributed by atoms with Crippen molar-refractivity contribution in [2.75, 3.05) is 13.2 Å². The Kier molecular flexibility index (Phi) is 5.32. The molecular formula is C15H21N3O4. The van der Waals surface area contributed by atoms with Gasteiger partial charge in [0, 0.05) is 37.9 Å². The molecule has 2 N–H and O–H groups in total. The van der Waals surface area contributed by atoms with Crippen LogP contribution in [0.5, 0.6) is 0 Å². The maximum absolute atomic E-state index is 12.2. The highest BCUT2D eigenvalue weighted by atomic mass is 16.6. The number of nitro groups is 1. The first-order chi connectivity index (χ1) is 10.5. The number of nitro benzene ring substituents is 1. The second kappa shape index (κ2) is 7.22. The molecule has 22 heavy (non-hydrogen) atoms. The largest absolute Gasteiger partial charge is 0.396 e. The molecule has 0 spiro atoms. The summed E-state index contributed by atoms with van der Waals surface area (Å²) in [6, 6.07) is 4.65. The molecule has 1 aliphatic rings. The van der Waals surface area contributed by atoms with Gasteiger partial charge in [0.15, 0.2) is 0 Å². The normalized spacial score (nSPS) is 15.1. The molecular weight excluding hydrogens is 286 g/mol. The molecule has 0 saturated carbocycles. The minimum absolute atomic E-state index is 0.00819. The lowest BCUT2D eigenvalue weighted by Gasteiger charge is -2.30. The number of urea groups is 1. The summed E-state index contributed by atoms with van der Waals surface area (Å²) < 4.78 is 0. The second-order valence-electron chi connectivity index (χ2n) is 5.60. The monoisotopic (exact) mass is 307 g/mol. The summed E-state index contributed by atoms with van der Waals surface area (Å²) in [4.78, 5) is 24.3. The number of carbonyl (C=O) groups excluding carboxylic acids is 1. The third-order valence-corrected chi connectivity index (χ3v) is 3.87. The number of aliphatic hydroxyl groups is 1. The van der Waals surface area contributed by atoms with Gasteiger partial charge in [-0.05, 0) is 37.3 Å². The predicted molar refractivity (Wildman–Crippen MR) is 81.5 cm³/mol. The number of non-ortho nitro benzene ring substituents is 1. The minimum atomic E-state index is -0.420. The number of rotatable bonds is 5. The molecule has 0 aliphatic carbocycles. The smallest absolute Gasteiger partial charge is 0.317 e. The Balaban J connectivity index is 2.00. The Morgan fingerprint density at radius 2 is 2.27 bits per heavy atom. The Labute approximate surface area is 129 Å². The standard InChI is InChI=1S/C15H21N3O4/c1-11(3-2-8-19)16-15(20)17-7-6-12-4-5-14(18(21)22)9-13(12)10-17/h4-5,9,11,19H,2-3,6-8,10H2,1H3,(H,16,20). The molecule has 120 valence electrons. The summed E-state index contributed by atoms with van der Waals surface area (Å²) >= 11 is 0. The quantitative estimate of drug-likeness (QED) is 0.640. The van der Waals surface area contributed by atoms with Gasteiger partial charge >= 0.3 is 6.03 Å². The molecule has 1 atom stereocenters. The molecule has 7 nitrogen and oxygen atoms in total. The highest BCUT2D eigenvalue weighted by molar-refractivity contribution is 5.75. The molecule has 0 radical (unpaired) electrons. The van der Waals surface area contributed by atoms with Crippen molar-refractivity contribution in [3.63, 3.8) is 0 Å². The van der Waals surface area contributed by atoms with Gasteiger partial charge in [-0.1, -0.05) is 6.07 Å². The lowest BCUT2D eigenvalue weighted by molar-refractivity contribution is -0.385. The van der Waals surface area contributed by atoms with Crippen LogP contribution in [0.25, 0.3) is 0 Å². The maximum atomic E-state index is 12.2. The summed E-state index contributed by atoms with van der Waals surface area (Å²) in [6.07, 6.45) is 2.07. The SMILES string of the molecule is CC(CCCO)NC(=O)N1CCc2ccc([N+](=O)[O-])cc2C1. The van der Waals surface area contributed by atoms with Gasteiger partial charge in [0.25, 0.3) is 5.69 Å². The van der Waals surface area contributed by atoms with Crippen molar-refractivity contribution in [1.82, 2.24) is 10.2 Å². The van der Waals surface area contributed by atoms with E-state index in [0.29, 0.717) is 25.9 Å². The van der Waals surface area contributed by atoms with Crippen molar-refractivity contribution in [1.29, 1.82) is 0 Å². The van der Waals surface area contributed by atoms with Crippen LogP contribution in [0.2, 0.25) is 0 Å². The zero-order valence-corrected chi connectivity index (χ0v) is 12.6. The summed E-state index contributed by atoms with van der Waals surface area (Å²) in [7, 11) is 0. The van der Waals surface area contributed by atoms with E-state index in [1.165, 1.54) is 6.07 Å². The highest BCUT2D eigenvalue weighted by Gasteiger charge is 2.23. The van der Waals surface area contributed by atoms with Crippen molar-refractivity contribution in [3.05, 3.63) is 39.4 Å². The van der Waals surface area contributed by atoms with Crippen LogP contribution in [0.3, 0.4) is 0 Å². The number of fused-ring (bicyclic) bond motifs is 1. The average molecular weight is 307 g/mol. The van der Waals surface area contributed by atoms with Crippen molar-refractivity contribution >= 4 is 11.7 Å². The van der Waals surface area contributed by atoms with E-state index in [1.54, 1.807) is 17.0 Å². The van der Waals surface area contributed by atoms with Gasteiger partial charge < -0.3 is 15.3 Å². The number of nitrogens with one attached hydrogen (secondary N) is 1. The van der Waals surface area contributed by atoms with E-state index in [4.69, 9.17) is 5.11 Å². The van der Waals surface area contributed by atoms with Crippen molar-refractivity contribution < 1.29 is 14.8 Å². The van der Waals surface area contributed by atoms with E-state index in [9.17, 15) is 14.9 Å². The zero-order chi connectivity index (χ0) is 16.1. The first-order valence-electron chi connectivity index (χ1n) is 7.43. The molecule has 1 aliphatic heterocycles. The fourth-order valence-electron chi connectivity index (χ4n) is 2.60. The molecule has 1 unspecified atom stereocenters. The number of carbonyl (C=O) groups is 1. The molecule has 1 aromatic rings. The Hall–Kier alpha value is -2.15. The maximum Gasteiger partial charge on any atom is 0.317 e. The topological polar surface area (TPSA) is 95.7 Å². The third kappa shape index (κ3) is 3.94. The van der Waals surface area contributed by atoms with Crippen molar-refractivity contribution in [3.8, 4) is 0 Å². The molecule has 0 bridgehead atoms. The fourth-order valence-corrected chi connectivity index (χ4v) is 2.60. The third-order valence-electron chi connectivity index (χ3n) is 3.87. The molecule has 1 heterocycles. The number of amides is 2. The minimum Gasteiger partial charge on any atom is -0.396 e. The average Bonchev–Trinajstić information content (AvgIpc) is 2.51. The Morgan fingerprint density at radius 1 is 1.50 bits per heavy atom. The summed E-state index contributed by atoms with van der Waals surface area (Å²) in [5.74, 6) is 0. The van der Waals surface area contributed by atoms with Crippen LogP contribution >= 0.6 is 0 Å². The van der Waals surface area contributed by atoms with Gasteiger partial charge in [-0.15, -0.1) is 0 Å². The van der Waals surface area contributed by atoms with E-state index in [1.807, 2.05) is 6.92 Å². The number of benzene rings is 1.